The number of aryl methyl sites for hydroxylation is 2. The Morgan fingerprint density at radius 2 is 2.08 bits per heavy atom. The molecule has 1 rings (SSSR count). The largest absolute Gasteiger partial charge is 0.383 e. The lowest BCUT2D eigenvalue weighted by atomic mass is 10.0. The van der Waals surface area contributed by atoms with E-state index in [0.717, 1.165) is 0 Å². The zero-order valence-corrected chi connectivity index (χ0v) is 8.50. The summed E-state index contributed by atoms with van der Waals surface area (Å²) in [7, 11) is 1.67. The topological polar surface area (TPSA) is 35.2 Å². The molecule has 0 amide bonds. The second kappa shape index (κ2) is 4.40. The van der Waals surface area contributed by atoms with Crippen molar-refractivity contribution in [3.8, 4) is 0 Å². The average Bonchev–Trinajstić information content (AvgIpc) is 2.04. The van der Waals surface area contributed by atoms with Gasteiger partial charge in [0, 0.05) is 7.11 Å². The molecule has 1 aromatic carbocycles. The Kier molecular flexibility index (Phi) is 3.46. The number of benzene rings is 1. The maximum atomic E-state index is 5.93. The molecule has 0 unspecified atom stereocenters. The van der Waals surface area contributed by atoms with Gasteiger partial charge >= 0.3 is 0 Å². The molecule has 72 valence electrons. The molecule has 0 fully saturated rings. The molecule has 0 aliphatic carbocycles. The summed E-state index contributed by atoms with van der Waals surface area (Å²) in [6, 6.07) is 6.29. The molecule has 0 spiro atoms. The fourth-order valence-electron chi connectivity index (χ4n) is 1.51. The van der Waals surface area contributed by atoms with E-state index in [0.29, 0.717) is 6.61 Å². The summed E-state index contributed by atoms with van der Waals surface area (Å²) in [5, 5.41) is 0. The van der Waals surface area contributed by atoms with Crippen LogP contribution in [-0.4, -0.2) is 13.7 Å². The third kappa shape index (κ3) is 2.54. The highest BCUT2D eigenvalue weighted by Crippen LogP contribution is 2.16. The Hall–Kier alpha value is -0.860. The minimum Gasteiger partial charge on any atom is -0.383 e. The smallest absolute Gasteiger partial charge is 0.0655 e. The van der Waals surface area contributed by atoms with Gasteiger partial charge in [-0.1, -0.05) is 23.8 Å². The Morgan fingerprint density at radius 1 is 1.38 bits per heavy atom. The molecule has 0 aliphatic rings. The van der Waals surface area contributed by atoms with Crippen molar-refractivity contribution in [3.63, 3.8) is 0 Å². The van der Waals surface area contributed by atoms with E-state index < -0.39 is 0 Å². The third-order valence-electron chi connectivity index (χ3n) is 2.17. The summed E-state index contributed by atoms with van der Waals surface area (Å²) in [6.07, 6.45) is 0. The predicted octanol–water partition coefficient (Wildman–Crippen LogP) is 1.95. The Morgan fingerprint density at radius 3 is 2.62 bits per heavy atom. The van der Waals surface area contributed by atoms with Crippen molar-refractivity contribution in [1.29, 1.82) is 0 Å². The van der Waals surface area contributed by atoms with Crippen LogP contribution in [0.5, 0.6) is 0 Å². The lowest BCUT2D eigenvalue weighted by Crippen LogP contribution is -2.17. The molecular weight excluding hydrogens is 162 g/mol. The summed E-state index contributed by atoms with van der Waals surface area (Å²) in [5.41, 5.74) is 9.61. The normalized spacial score (nSPS) is 12.9. The van der Waals surface area contributed by atoms with E-state index in [1.165, 1.54) is 16.7 Å². The minimum atomic E-state index is -0.00870. The van der Waals surface area contributed by atoms with Gasteiger partial charge in [-0.05, 0) is 25.0 Å². The number of hydrogen-bond acceptors (Lipinski definition) is 2. The first-order chi connectivity index (χ1) is 6.15. The first kappa shape index (κ1) is 10.2. The van der Waals surface area contributed by atoms with E-state index >= 15 is 0 Å². The molecule has 0 radical (unpaired) electrons. The summed E-state index contributed by atoms with van der Waals surface area (Å²) < 4.78 is 5.02. The van der Waals surface area contributed by atoms with Crippen molar-refractivity contribution in [1.82, 2.24) is 0 Å². The Balaban J connectivity index is 2.88. The second-order valence-electron chi connectivity index (χ2n) is 3.42. The van der Waals surface area contributed by atoms with Crippen LogP contribution < -0.4 is 5.73 Å². The van der Waals surface area contributed by atoms with E-state index in [1.54, 1.807) is 7.11 Å². The molecule has 1 aromatic rings. The lowest BCUT2D eigenvalue weighted by Gasteiger charge is -2.13. The molecule has 0 aromatic heterocycles. The zero-order chi connectivity index (χ0) is 9.84. The van der Waals surface area contributed by atoms with Gasteiger partial charge in [0.05, 0.1) is 12.6 Å². The Bertz CT molecular complexity index is 283. The highest BCUT2D eigenvalue weighted by atomic mass is 16.5. The number of nitrogens with two attached hydrogens (primary N) is 1. The quantitative estimate of drug-likeness (QED) is 0.769. The van der Waals surface area contributed by atoms with Crippen molar-refractivity contribution in [2.45, 2.75) is 19.9 Å². The fraction of sp³-hybridized carbons (Fsp3) is 0.455. The molecule has 1 atom stereocenters. The first-order valence-electron chi connectivity index (χ1n) is 4.47. The lowest BCUT2D eigenvalue weighted by molar-refractivity contribution is 0.180. The van der Waals surface area contributed by atoms with Gasteiger partial charge in [-0.25, -0.2) is 0 Å². The van der Waals surface area contributed by atoms with Crippen LogP contribution in [0.3, 0.4) is 0 Å². The van der Waals surface area contributed by atoms with Crippen molar-refractivity contribution in [2.24, 2.45) is 5.73 Å². The van der Waals surface area contributed by atoms with Gasteiger partial charge < -0.3 is 10.5 Å². The summed E-state index contributed by atoms with van der Waals surface area (Å²) in [4.78, 5) is 0. The van der Waals surface area contributed by atoms with Crippen molar-refractivity contribution < 1.29 is 4.74 Å². The minimum absolute atomic E-state index is 0.00870. The molecule has 0 heterocycles. The van der Waals surface area contributed by atoms with Crippen LogP contribution in [0.4, 0.5) is 0 Å². The van der Waals surface area contributed by atoms with Crippen LogP contribution in [0, 0.1) is 13.8 Å². The summed E-state index contributed by atoms with van der Waals surface area (Å²) in [5.74, 6) is 0. The van der Waals surface area contributed by atoms with E-state index in [1.807, 2.05) is 0 Å². The van der Waals surface area contributed by atoms with Gasteiger partial charge in [0.2, 0.25) is 0 Å². The van der Waals surface area contributed by atoms with Crippen LogP contribution in [0.25, 0.3) is 0 Å². The van der Waals surface area contributed by atoms with E-state index in [2.05, 4.69) is 32.0 Å². The number of rotatable bonds is 3. The summed E-state index contributed by atoms with van der Waals surface area (Å²) >= 11 is 0. The number of methoxy groups -OCH3 is 1. The van der Waals surface area contributed by atoms with Crippen LogP contribution >= 0.6 is 0 Å². The van der Waals surface area contributed by atoms with Crippen LogP contribution in [0.15, 0.2) is 18.2 Å². The van der Waals surface area contributed by atoms with Crippen LogP contribution in [-0.2, 0) is 4.74 Å². The van der Waals surface area contributed by atoms with Gasteiger partial charge in [0.1, 0.15) is 0 Å². The zero-order valence-electron chi connectivity index (χ0n) is 8.50. The van der Waals surface area contributed by atoms with Gasteiger partial charge in [-0.2, -0.15) is 0 Å². The number of ether oxygens (including phenoxy) is 1. The van der Waals surface area contributed by atoms with Crippen LogP contribution in [0.1, 0.15) is 22.7 Å². The van der Waals surface area contributed by atoms with E-state index in [4.69, 9.17) is 10.5 Å². The predicted molar refractivity (Wildman–Crippen MR) is 54.7 cm³/mol. The standard InChI is InChI=1S/C11H17NO/c1-8-4-5-10(9(2)6-8)11(12)7-13-3/h4-6,11H,7,12H2,1-3H3/t11-/m0/s1. The molecule has 0 saturated carbocycles. The van der Waals surface area contributed by atoms with Crippen molar-refractivity contribution in [3.05, 3.63) is 34.9 Å². The SMILES string of the molecule is COC[C@H](N)c1ccc(C)cc1C. The van der Waals surface area contributed by atoms with Crippen LogP contribution in [0.2, 0.25) is 0 Å². The first-order valence-corrected chi connectivity index (χ1v) is 4.47. The van der Waals surface area contributed by atoms with Crippen molar-refractivity contribution >= 4 is 0 Å². The Labute approximate surface area is 79.7 Å². The maximum absolute atomic E-state index is 5.93. The molecule has 2 N–H and O–H groups in total. The molecule has 13 heavy (non-hydrogen) atoms. The number of hydrogen-bond donors (Lipinski definition) is 1. The van der Waals surface area contributed by atoms with E-state index in [9.17, 15) is 0 Å². The van der Waals surface area contributed by atoms with Gasteiger partial charge in [-0.15, -0.1) is 0 Å². The molecule has 0 bridgehead atoms. The van der Waals surface area contributed by atoms with Gasteiger partial charge in [0.25, 0.3) is 0 Å². The molecular formula is C11H17NO. The van der Waals surface area contributed by atoms with Crippen molar-refractivity contribution in [2.75, 3.05) is 13.7 Å². The third-order valence-corrected chi connectivity index (χ3v) is 2.17. The van der Waals surface area contributed by atoms with E-state index in [-0.39, 0.29) is 6.04 Å². The molecule has 2 nitrogen and oxygen atoms in total. The van der Waals surface area contributed by atoms with Gasteiger partial charge in [0.15, 0.2) is 0 Å². The molecule has 2 heteroatoms. The summed E-state index contributed by atoms with van der Waals surface area (Å²) in [6.45, 7) is 4.74. The fourth-order valence-corrected chi connectivity index (χ4v) is 1.51. The monoisotopic (exact) mass is 179 g/mol. The highest BCUT2D eigenvalue weighted by Gasteiger charge is 2.07. The second-order valence-corrected chi connectivity index (χ2v) is 3.42. The van der Waals surface area contributed by atoms with Gasteiger partial charge in [-0.3, -0.25) is 0 Å². The molecule has 0 saturated heterocycles. The average molecular weight is 179 g/mol. The highest BCUT2D eigenvalue weighted by molar-refractivity contribution is 5.32. The maximum Gasteiger partial charge on any atom is 0.0655 e. The molecule has 0 aliphatic heterocycles.